The number of amides is 1. The molecule has 0 unspecified atom stereocenters. The zero-order valence-corrected chi connectivity index (χ0v) is 30.9. The number of sulfonamides is 1. The number of nitrogens with one attached hydrogen (secondary N) is 2. The van der Waals surface area contributed by atoms with E-state index in [1.165, 1.54) is 23.5 Å². The molecule has 0 atom stereocenters. The fourth-order valence-corrected chi connectivity index (χ4v) is 7.49. The van der Waals surface area contributed by atoms with Crippen LogP contribution in [0.2, 0.25) is 0 Å². The lowest BCUT2D eigenvalue weighted by molar-refractivity contribution is 0.0240. The van der Waals surface area contributed by atoms with Gasteiger partial charge in [0, 0.05) is 49.0 Å². The highest BCUT2D eigenvalue weighted by Gasteiger charge is 2.28. The first-order valence-corrected chi connectivity index (χ1v) is 18.8. The van der Waals surface area contributed by atoms with E-state index in [4.69, 9.17) is 9.72 Å². The summed E-state index contributed by atoms with van der Waals surface area (Å²) in [5.41, 5.74) is 0.627. The summed E-state index contributed by atoms with van der Waals surface area (Å²) in [6, 6.07) is 11.0. The van der Waals surface area contributed by atoms with Crippen LogP contribution in [0, 0.1) is 11.6 Å². The van der Waals surface area contributed by atoms with Crippen LogP contribution in [0.3, 0.4) is 0 Å². The molecule has 5 rings (SSSR count). The number of carbonyl (C=O) groups excluding carboxylic acids is 1. The van der Waals surface area contributed by atoms with E-state index in [0.29, 0.717) is 60.2 Å². The largest absolute Gasteiger partial charge is 0.444 e. The average Bonchev–Trinajstić information content (AvgIpc) is 3.48. The summed E-state index contributed by atoms with van der Waals surface area (Å²) < 4.78 is 64.1. The van der Waals surface area contributed by atoms with Crippen LogP contribution >= 0.6 is 11.3 Å². The van der Waals surface area contributed by atoms with Crippen LogP contribution in [0.15, 0.2) is 48.7 Å². The quantitative estimate of drug-likeness (QED) is 0.177. The van der Waals surface area contributed by atoms with Crippen molar-refractivity contribution in [3.63, 3.8) is 0 Å². The van der Waals surface area contributed by atoms with Crippen LogP contribution < -0.4 is 14.9 Å². The molecule has 2 aromatic carbocycles. The molecular weight excluding hydrogens is 685 g/mol. The number of carbonyl (C=O) groups is 1. The normalized spacial score (nSPS) is 14.1. The number of benzene rings is 2. The second-order valence-electron chi connectivity index (χ2n) is 14.0. The molecule has 1 aliphatic heterocycles. The lowest BCUT2D eigenvalue weighted by atomic mass is 9.98. The predicted octanol–water partition coefficient (Wildman–Crippen LogP) is 7.80. The highest BCUT2D eigenvalue weighted by molar-refractivity contribution is 7.92. The van der Waals surface area contributed by atoms with E-state index in [9.17, 15) is 13.2 Å². The van der Waals surface area contributed by atoms with Crippen LogP contribution in [0.5, 0.6) is 0 Å². The Labute approximate surface area is 296 Å². The second-order valence-corrected chi connectivity index (χ2v) is 16.9. The third-order valence-electron chi connectivity index (χ3n) is 7.63. The van der Waals surface area contributed by atoms with Crippen LogP contribution in [0.1, 0.15) is 59.9 Å². The minimum absolute atomic E-state index is 0.126. The van der Waals surface area contributed by atoms with Gasteiger partial charge >= 0.3 is 6.09 Å². The molecule has 2 N–H and O–H groups in total. The molecule has 268 valence electrons. The molecule has 4 aromatic rings. The minimum Gasteiger partial charge on any atom is -0.444 e. The summed E-state index contributed by atoms with van der Waals surface area (Å²) in [5.74, 6) is -1.13. The van der Waals surface area contributed by atoms with Crippen LogP contribution in [0.4, 0.5) is 36.6 Å². The van der Waals surface area contributed by atoms with E-state index < -0.39 is 27.3 Å². The summed E-state index contributed by atoms with van der Waals surface area (Å²) in [6.07, 6.45) is 1.55. The number of thiazole rings is 1. The number of nitrogens with zero attached hydrogens (tertiary/aromatic N) is 5. The number of rotatable bonds is 9. The minimum atomic E-state index is -3.73. The molecular formula is C35H43F2N7O4S2. The third-order valence-corrected chi connectivity index (χ3v) is 10.6. The van der Waals surface area contributed by atoms with E-state index in [2.05, 4.69) is 20.0 Å². The Morgan fingerprint density at radius 1 is 1.00 bits per heavy atom. The van der Waals surface area contributed by atoms with Crippen molar-refractivity contribution in [3.05, 3.63) is 65.3 Å². The van der Waals surface area contributed by atoms with Gasteiger partial charge in [-0.05, 0) is 63.6 Å². The van der Waals surface area contributed by atoms with Gasteiger partial charge in [0.1, 0.15) is 11.4 Å². The van der Waals surface area contributed by atoms with Gasteiger partial charge in [0.2, 0.25) is 16.0 Å². The topological polar surface area (TPSA) is 130 Å². The van der Waals surface area contributed by atoms with Gasteiger partial charge in [0.25, 0.3) is 0 Å². The molecule has 0 bridgehead atoms. The van der Waals surface area contributed by atoms with Crippen LogP contribution in [-0.2, 0) is 20.2 Å². The van der Waals surface area contributed by atoms with Crippen molar-refractivity contribution in [2.75, 3.05) is 46.9 Å². The molecule has 1 aliphatic rings. The van der Waals surface area contributed by atoms with Crippen molar-refractivity contribution < 1.29 is 26.7 Å². The molecule has 0 saturated carbocycles. The SMILES string of the molecule is CCCS(=O)(=O)Nc1cccc(-c2nc(C(C)(C)C)sc2-c2ccnc(Nc3ccc(N4CCN(C(=O)OC(C)(C)C)CC4)c(F)c3)n2)c1F. The molecule has 11 nitrogen and oxygen atoms in total. The van der Waals surface area contributed by atoms with Gasteiger partial charge in [-0.3, -0.25) is 4.72 Å². The van der Waals surface area contributed by atoms with Gasteiger partial charge in [-0.25, -0.2) is 36.9 Å². The Morgan fingerprint density at radius 3 is 2.36 bits per heavy atom. The number of piperazine rings is 1. The lowest BCUT2D eigenvalue weighted by Crippen LogP contribution is -2.50. The zero-order chi connectivity index (χ0) is 36.4. The summed E-state index contributed by atoms with van der Waals surface area (Å²) in [4.78, 5) is 30.3. The lowest BCUT2D eigenvalue weighted by Gasteiger charge is -2.36. The summed E-state index contributed by atoms with van der Waals surface area (Å²) in [5, 5.41) is 3.80. The van der Waals surface area contributed by atoms with E-state index in [1.807, 2.05) is 46.4 Å². The first-order valence-electron chi connectivity index (χ1n) is 16.4. The molecule has 0 radical (unpaired) electrons. The highest BCUT2D eigenvalue weighted by Crippen LogP contribution is 2.42. The maximum absolute atomic E-state index is 15.9. The van der Waals surface area contributed by atoms with Crippen LogP contribution in [-0.4, -0.2) is 71.9 Å². The molecule has 1 fully saturated rings. The number of aromatic nitrogens is 3. The van der Waals surface area contributed by atoms with E-state index >= 15 is 8.78 Å². The van der Waals surface area contributed by atoms with Crippen molar-refractivity contribution in [2.24, 2.45) is 0 Å². The molecule has 50 heavy (non-hydrogen) atoms. The Kier molecular flexibility index (Phi) is 10.7. The molecule has 1 saturated heterocycles. The molecule has 0 aliphatic carbocycles. The fourth-order valence-electron chi connectivity index (χ4n) is 5.25. The fraction of sp³-hybridized carbons (Fsp3) is 0.429. The molecule has 1 amide bonds. The highest BCUT2D eigenvalue weighted by atomic mass is 32.2. The molecule has 0 spiro atoms. The monoisotopic (exact) mass is 727 g/mol. The number of hydrogen-bond donors (Lipinski definition) is 2. The number of halogens is 2. The Hall–Kier alpha value is -4.37. The van der Waals surface area contributed by atoms with Crippen molar-refractivity contribution in [1.29, 1.82) is 0 Å². The average molecular weight is 728 g/mol. The third kappa shape index (κ3) is 8.85. The maximum Gasteiger partial charge on any atom is 0.410 e. The number of ether oxygens (including phenoxy) is 1. The van der Waals surface area contributed by atoms with Gasteiger partial charge in [0.05, 0.1) is 38.4 Å². The van der Waals surface area contributed by atoms with Crippen molar-refractivity contribution in [1.82, 2.24) is 19.9 Å². The molecule has 3 heterocycles. The Bertz CT molecular complexity index is 1970. The Balaban J connectivity index is 1.38. The van der Waals surface area contributed by atoms with Gasteiger partial charge in [-0.2, -0.15) is 0 Å². The Morgan fingerprint density at radius 2 is 1.72 bits per heavy atom. The van der Waals surface area contributed by atoms with Crippen molar-refractivity contribution >= 4 is 50.5 Å². The zero-order valence-electron chi connectivity index (χ0n) is 29.3. The van der Waals surface area contributed by atoms with E-state index in [1.54, 1.807) is 48.4 Å². The van der Waals surface area contributed by atoms with E-state index in [-0.39, 0.29) is 34.5 Å². The van der Waals surface area contributed by atoms with Gasteiger partial charge < -0.3 is 19.9 Å². The van der Waals surface area contributed by atoms with Crippen LogP contribution in [0.25, 0.3) is 21.8 Å². The van der Waals surface area contributed by atoms with E-state index in [0.717, 1.165) is 5.01 Å². The first kappa shape index (κ1) is 36.9. The maximum atomic E-state index is 15.9. The molecule has 2 aromatic heterocycles. The second kappa shape index (κ2) is 14.5. The summed E-state index contributed by atoms with van der Waals surface area (Å²) in [6.45, 7) is 14.9. The number of anilines is 4. The van der Waals surface area contributed by atoms with Gasteiger partial charge in [0.15, 0.2) is 5.82 Å². The predicted molar refractivity (Wildman–Crippen MR) is 195 cm³/mol. The molecule has 15 heteroatoms. The summed E-state index contributed by atoms with van der Waals surface area (Å²) in [7, 11) is -3.73. The standard InChI is InChI=1S/C35H43F2N7O4S2/c1-8-20-50(46,47)42-25-11-9-10-23(28(25)37)29-30(49-31(41-29)34(2,3)4)26-14-15-38-32(40-26)39-22-12-13-27(24(36)21-22)43-16-18-44(19-17-43)33(45)48-35(5,6)7/h9-15,21,42H,8,16-20H2,1-7H3,(H,38,39,40). The summed E-state index contributed by atoms with van der Waals surface area (Å²) >= 11 is 1.36. The number of hydrogen-bond acceptors (Lipinski definition) is 10. The van der Waals surface area contributed by atoms with Gasteiger partial charge in [-0.15, -0.1) is 11.3 Å². The first-order chi connectivity index (χ1) is 23.4. The van der Waals surface area contributed by atoms with Crippen molar-refractivity contribution in [2.45, 2.75) is 65.9 Å². The smallest absolute Gasteiger partial charge is 0.410 e. The van der Waals surface area contributed by atoms with Gasteiger partial charge in [-0.1, -0.05) is 33.8 Å². The van der Waals surface area contributed by atoms with Crippen molar-refractivity contribution in [3.8, 4) is 21.8 Å².